The lowest BCUT2D eigenvalue weighted by Crippen LogP contribution is -2.49. The first-order chi connectivity index (χ1) is 6.65. The number of aliphatic hydroxyl groups excluding tert-OH is 1. The molecule has 0 saturated carbocycles. The number of oxime groups is 1. The molecule has 0 unspecified atom stereocenters. The molecule has 1 rings (SSSR count). The number of likely N-dealkylation sites (tertiary alicyclic amines) is 1. The fraction of sp³-hybridized carbons (Fsp3) is 0.889. The van der Waals surface area contributed by atoms with Gasteiger partial charge in [-0.25, -0.2) is 0 Å². The Morgan fingerprint density at radius 3 is 2.93 bits per heavy atom. The molecule has 0 aromatic rings. The van der Waals surface area contributed by atoms with Gasteiger partial charge in [-0.1, -0.05) is 11.6 Å². The average Bonchev–Trinajstić information content (AvgIpc) is 2.18. The quantitative estimate of drug-likeness (QED) is 0.259. The van der Waals surface area contributed by atoms with Crippen LogP contribution in [-0.4, -0.2) is 46.3 Å². The Labute approximate surface area is 84.2 Å². The molecule has 1 heterocycles. The number of rotatable bonds is 3. The monoisotopic (exact) mass is 201 g/mol. The van der Waals surface area contributed by atoms with E-state index in [9.17, 15) is 5.11 Å². The lowest BCUT2D eigenvalue weighted by Gasteiger charge is -2.36. The van der Waals surface area contributed by atoms with Crippen molar-refractivity contribution in [1.29, 1.82) is 0 Å². The van der Waals surface area contributed by atoms with Gasteiger partial charge in [0.15, 0.2) is 5.84 Å². The van der Waals surface area contributed by atoms with Gasteiger partial charge in [-0.3, -0.25) is 4.90 Å². The van der Waals surface area contributed by atoms with Crippen LogP contribution < -0.4 is 5.73 Å². The topological polar surface area (TPSA) is 82.1 Å². The Bertz CT molecular complexity index is 206. The fourth-order valence-corrected chi connectivity index (χ4v) is 2.00. The molecule has 0 aliphatic carbocycles. The second-order valence-corrected chi connectivity index (χ2v) is 3.87. The molecule has 0 amide bonds. The summed E-state index contributed by atoms with van der Waals surface area (Å²) in [6, 6.07) is 0.143. The zero-order valence-electron chi connectivity index (χ0n) is 8.56. The Balaban J connectivity index is 2.54. The predicted octanol–water partition coefficient (Wildman–Crippen LogP) is -0.0319. The van der Waals surface area contributed by atoms with Crippen molar-refractivity contribution in [2.45, 2.75) is 38.3 Å². The molecule has 0 radical (unpaired) electrons. The highest BCUT2D eigenvalue weighted by atomic mass is 16.4. The summed E-state index contributed by atoms with van der Waals surface area (Å²) in [5, 5.41) is 21.0. The van der Waals surface area contributed by atoms with E-state index in [1.54, 1.807) is 6.92 Å². The van der Waals surface area contributed by atoms with E-state index in [-0.39, 0.29) is 18.0 Å². The second-order valence-electron chi connectivity index (χ2n) is 3.87. The third-order valence-corrected chi connectivity index (χ3v) is 2.71. The molecule has 2 atom stereocenters. The molecule has 14 heavy (non-hydrogen) atoms. The normalized spacial score (nSPS) is 27.6. The van der Waals surface area contributed by atoms with Crippen LogP contribution in [0.1, 0.15) is 26.2 Å². The number of hydrogen-bond donors (Lipinski definition) is 3. The van der Waals surface area contributed by atoms with Crippen molar-refractivity contribution in [1.82, 2.24) is 4.90 Å². The van der Waals surface area contributed by atoms with E-state index in [4.69, 9.17) is 10.9 Å². The van der Waals surface area contributed by atoms with Crippen LogP contribution in [0.5, 0.6) is 0 Å². The summed E-state index contributed by atoms with van der Waals surface area (Å²) in [7, 11) is 0. The Morgan fingerprint density at radius 1 is 1.64 bits per heavy atom. The Morgan fingerprint density at radius 2 is 2.36 bits per heavy atom. The van der Waals surface area contributed by atoms with Crippen molar-refractivity contribution in [3.8, 4) is 0 Å². The van der Waals surface area contributed by atoms with Crippen LogP contribution in [-0.2, 0) is 0 Å². The molecule has 0 spiro atoms. The van der Waals surface area contributed by atoms with Crippen molar-refractivity contribution in [2.75, 3.05) is 13.1 Å². The lowest BCUT2D eigenvalue weighted by atomic mass is 9.98. The Hall–Kier alpha value is -0.810. The summed E-state index contributed by atoms with van der Waals surface area (Å²) in [6.45, 7) is 3.13. The van der Waals surface area contributed by atoms with E-state index in [1.807, 2.05) is 0 Å². The van der Waals surface area contributed by atoms with E-state index in [2.05, 4.69) is 10.1 Å². The summed E-state index contributed by atoms with van der Waals surface area (Å²) in [4.78, 5) is 2.07. The maximum absolute atomic E-state index is 9.55. The van der Waals surface area contributed by atoms with E-state index < -0.39 is 0 Å². The molecule has 1 aliphatic heterocycles. The SMILES string of the molecule is C[C@H](O)[C@@H]1CCCCN1CC(N)=NO. The van der Waals surface area contributed by atoms with Crippen LogP contribution in [0.2, 0.25) is 0 Å². The number of nitrogens with two attached hydrogens (primary N) is 1. The van der Waals surface area contributed by atoms with Gasteiger partial charge < -0.3 is 16.0 Å². The van der Waals surface area contributed by atoms with Gasteiger partial charge in [-0.05, 0) is 26.3 Å². The maximum atomic E-state index is 9.55. The highest BCUT2D eigenvalue weighted by Gasteiger charge is 2.26. The van der Waals surface area contributed by atoms with Crippen molar-refractivity contribution in [3.05, 3.63) is 0 Å². The number of aliphatic hydroxyl groups is 1. The van der Waals surface area contributed by atoms with Crippen molar-refractivity contribution >= 4 is 5.84 Å². The minimum absolute atomic E-state index is 0.143. The van der Waals surface area contributed by atoms with Crippen LogP contribution in [0.4, 0.5) is 0 Å². The van der Waals surface area contributed by atoms with Gasteiger partial charge in [-0.2, -0.15) is 0 Å². The van der Waals surface area contributed by atoms with Gasteiger partial charge in [0.1, 0.15) is 0 Å². The number of piperidine rings is 1. The molecule has 1 fully saturated rings. The number of nitrogens with zero attached hydrogens (tertiary/aromatic N) is 2. The molecule has 1 aliphatic rings. The Kier molecular flexibility index (Phi) is 4.16. The highest BCUT2D eigenvalue weighted by Crippen LogP contribution is 2.19. The summed E-state index contributed by atoms with van der Waals surface area (Å²) in [5.74, 6) is 0.206. The number of amidine groups is 1. The van der Waals surface area contributed by atoms with Crippen LogP contribution in [0.25, 0.3) is 0 Å². The third-order valence-electron chi connectivity index (χ3n) is 2.71. The largest absolute Gasteiger partial charge is 0.409 e. The summed E-state index contributed by atoms with van der Waals surface area (Å²) >= 11 is 0. The molecule has 0 aromatic heterocycles. The third kappa shape index (κ3) is 2.85. The van der Waals surface area contributed by atoms with Gasteiger partial charge in [0, 0.05) is 6.04 Å². The molecule has 0 bridgehead atoms. The van der Waals surface area contributed by atoms with Crippen LogP contribution in [0, 0.1) is 0 Å². The maximum Gasteiger partial charge on any atom is 0.153 e. The minimum atomic E-state index is -0.359. The molecular formula is C9H19N3O2. The van der Waals surface area contributed by atoms with Crippen molar-refractivity contribution < 1.29 is 10.3 Å². The van der Waals surface area contributed by atoms with Gasteiger partial charge in [0.05, 0.1) is 12.6 Å². The van der Waals surface area contributed by atoms with Gasteiger partial charge >= 0.3 is 0 Å². The minimum Gasteiger partial charge on any atom is -0.409 e. The van der Waals surface area contributed by atoms with E-state index in [1.165, 1.54) is 0 Å². The average molecular weight is 201 g/mol. The lowest BCUT2D eigenvalue weighted by molar-refractivity contribution is 0.0457. The zero-order chi connectivity index (χ0) is 10.6. The summed E-state index contributed by atoms with van der Waals surface area (Å²) in [6.07, 6.45) is 2.88. The molecule has 82 valence electrons. The zero-order valence-corrected chi connectivity index (χ0v) is 8.56. The fourth-order valence-electron chi connectivity index (χ4n) is 2.00. The molecule has 1 saturated heterocycles. The molecule has 0 aromatic carbocycles. The first-order valence-electron chi connectivity index (χ1n) is 5.03. The van der Waals surface area contributed by atoms with E-state index >= 15 is 0 Å². The van der Waals surface area contributed by atoms with Gasteiger partial charge in [0.25, 0.3) is 0 Å². The molecule has 5 nitrogen and oxygen atoms in total. The standard InChI is InChI=1S/C9H19N3O2/c1-7(13)8-4-2-3-5-12(8)6-9(10)11-14/h7-8,13-14H,2-6H2,1H3,(H2,10,11)/t7-,8-/m0/s1. The van der Waals surface area contributed by atoms with Gasteiger partial charge in [-0.15, -0.1) is 0 Å². The summed E-state index contributed by atoms with van der Waals surface area (Å²) in [5.41, 5.74) is 5.44. The smallest absolute Gasteiger partial charge is 0.153 e. The first-order valence-corrected chi connectivity index (χ1v) is 5.03. The second kappa shape index (κ2) is 5.17. The van der Waals surface area contributed by atoms with Gasteiger partial charge in [0.2, 0.25) is 0 Å². The predicted molar refractivity (Wildman–Crippen MR) is 54.3 cm³/mol. The first kappa shape index (κ1) is 11.3. The van der Waals surface area contributed by atoms with Crippen LogP contribution in [0.15, 0.2) is 5.16 Å². The van der Waals surface area contributed by atoms with Crippen LogP contribution >= 0.6 is 0 Å². The molecule has 5 heteroatoms. The summed E-state index contributed by atoms with van der Waals surface area (Å²) < 4.78 is 0. The van der Waals surface area contributed by atoms with E-state index in [0.717, 1.165) is 25.8 Å². The molecule has 4 N–H and O–H groups in total. The highest BCUT2D eigenvalue weighted by molar-refractivity contribution is 5.81. The van der Waals surface area contributed by atoms with E-state index in [0.29, 0.717) is 6.54 Å². The van der Waals surface area contributed by atoms with Crippen LogP contribution in [0.3, 0.4) is 0 Å². The van der Waals surface area contributed by atoms with Crippen molar-refractivity contribution in [3.63, 3.8) is 0 Å². The number of hydrogen-bond acceptors (Lipinski definition) is 4. The molecular weight excluding hydrogens is 182 g/mol. The van der Waals surface area contributed by atoms with Crippen molar-refractivity contribution in [2.24, 2.45) is 10.9 Å².